The number of carbonyl (C=O) groups is 1. The van der Waals surface area contributed by atoms with Crippen molar-refractivity contribution in [1.29, 1.82) is 0 Å². The third kappa shape index (κ3) is 2.60. The third-order valence-electron chi connectivity index (χ3n) is 3.24. The number of aliphatic hydroxyl groups is 1. The van der Waals surface area contributed by atoms with Gasteiger partial charge in [0.2, 0.25) is 0 Å². The van der Waals surface area contributed by atoms with E-state index in [1.54, 1.807) is 6.07 Å². The standard InChI is InChI=1S/C12H16N2O4/c1-8-12(17,3-5-18-8)7-14-9-2-4-13-10(6-9)11(15)16/h2,4,6,8,17H,3,5,7H2,1H3,(H,13,14)(H,15,16). The second kappa shape index (κ2) is 4.91. The summed E-state index contributed by atoms with van der Waals surface area (Å²) in [6.07, 6.45) is 1.76. The molecule has 2 rings (SSSR count). The summed E-state index contributed by atoms with van der Waals surface area (Å²) in [4.78, 5) is 14.5. The van der Waals surface area contributed by atoms with Crippen LogP contribution < -0.4 is 5.32 Å². The van der Waals surface area contributed by atoms with Crippen molar-refractivity contribution in [3.05, 3.63) is 24.0 Å². The van der Waals surface area contributed by atoms with Crippen molar-refractivity contribution in [3.8, 4) is 0 Å². The Labute approximate surface area is 105 Å². The fourth-order valence-corrected chi connectivity index (χ4v) is 1.92. The number of nitrogens with one attached hydrogen (secondary N) is 1. The normalized spacial score (nSPS) is 27.1. The Morgan fingerprint density at radius 3 is 3.11 bits per heavy atom. The van der Waals surface area contributed by atoms with Crippen LogP contribution in [0.1, 0.15) is 23.8 Å². The average molecular weight is 252 g/mol. The molecule has 0 radical (unpaired) electrons. The molecule has 2 atom stereocenters. The van der Waals surface area contributed by atoms with Crippen molar-refractivity contribution >= 4 is 11.7 Å². The topological polar surface area (TPSA) is 91.7 Å². The lowest BCUT2D eigenvalue weighted by Crippen LogP contribution is -2.43. The number of pyridine rings is 1. The molecule has 0 bridgehead atoms. The highest BCUT2D eigenvalue weighted by atomic mass is 16.5. The van der Waals surface area contributed by atoms with Crippen LogP contribution in [0.2, 0.25) is 0 Å². The van der Waals surface area contributed by atoms with Crippen molar-refractivity contribution < 1.29 is 19.7 Å². The summed E-state index contributed by atoms with van der Waals surface area (Å²) in [5.41, 5.74) is -0.315. The Balaban J connectivity index is 2.02. The van der Waals surface area contributed by atoms with E-state index in [4.69, 9.17) is 9.84 Å². The van der Waals surface area contributed by atoms with E-state index in [1.807, 2.05) is 6.92 Å². The molecule has 1 aromatic heterocycles. The Morgan fingerprint density at radius 2 is 2.50 bits per heavy atom. The zero-order valence-corrected chi connectivity index (χ0v) is 10.1. The summed E-state index contributed by atoms with van der Waals surface area (Å²) in [6.45, 7) is 2.68. The minimum atomic E-state index is -1.07. The zero-order chi connectivity index (χ0) is 13.2. The summed E-state index contributed by atoms with van der Waals surface area (Å²) in [7, 11) is 0. The van der Waals surface area contributed by atoms with E-state index in [2.05, 4.69) is 10.3 Å². The predicted octanol–water partition coefficient (Wildman–Crippen LogP) is 0.732. The van der Waals surface area contributed by atoms with E-state index in [0.29, 0.717) is 25.3 Å². The lowest BCUT2D eigenvalue weighted by atomic mass is 9.96. The molecular weight excluding hydrogens is 236 g/mol. The van der Waals surface area contributed by atoms with Gasteiger partial charge in [-0.2, -0.15) is 0 Å². The highest BCUT2D eigenvalue weighted by Gasteiger charge is 2.39. The fraction of sp³-hybridized carbons (Fsp3) is 0.500. The van der Waals surface area contributed by atoms with Crippen LogP contribution in [0, 0.1) is 0 Å². The molecule has 0 aromatic carbocycles. The van der Waals surface area contributed by atoms with Crippen LogP contribution in [-0.4, -0.2) is 46.0 Å². The largest absolute Gasteiger partial charge is 0.477 e. The molecule has 1 aromatic rings. The summed E-state index contributed by atoms with van der Waals surface area (Å²) >= 11 is 0. The zero-order valence-electron chi connectivity index (χ0n) is 10.1. The van der Waals surface area contributed by atoms with Gasteiger partial charge in [0.05, 0.1) is 6.10 Å². The predicted molar refractivity (Wildman–Crippen MR) is 64.7 cm³/mol. The molecule has 1 aliphatic heterocycles. The first kappa shape index (κ1) is 12.8. The first-order chi connectivity index (χ1) is 8.51. The van der Waals surface area contributed by atoms with Gasteiger partial charge in [-0.3, -0.25) is 0 Å². The summed E-state index contributed by atoms with van der Waals surface area (Å²) in [5.74, 6) is -1.07. The number of anilines is 1. The minimum Gasteiger partial charge on any atom is -0.477 e. The van der Waals surface area contributed by atoms with Gasteiger partial charge >= 0.3 is 5.97 Å². The maximum atomic E-state index is 10.8. The molecule has 2 unspecified atom stereocenters. The molecule has 2 heterocycles. The maximum absolute atomic E-state index is 10.8. The smallest absolute Gasteiger partial charge is 0.354 e. The molecule has 0 saturated carbocycles. The number of hydrogen-bond acceptors (Lipinski definition) is 5. The fourth-order valence-electron chi connectivity index (χ4n) is 1.92. The molecule has 6 nitrogen and oxygen atoms in total. The first-order valence-electron chi connectivity index (χ1n) is 5.78. The molecule has 0 amide bonds. The summed E-state index contributed by atoms with van der Waals surface area (Å²) < 4.78 is 5.32. The van der Waals surface area contributed by atoms with Gasteiger partial charge in [-0.1, -0.05) is 0 Å². The number of rotatable bonds is 4. The average Bonchev–Trinajstić information content (AvgIpc) is 2.68. The number of aromatic nitrogens is 1. The van der Waals surface area contributed by atoms with Gasteiger partial charge in [0, 0.05) is 31.5 Å². The van der Waals surface area contributed by atoms with Crippen molar-refractivity contribution in [3.63, 3.8) is 0 Å². The monoisotopic (exact) mass is 252 g/mol. The molecule has 1 saturated heterocycles. The van der Waals surface area contributed by atoms with Crippen LogP contribution >= 0.6 is 0 Å². The number of ether oxygens (including phenoxy) is 1. The van der Waals surface area contributed by atoms with Crippen LogP contribution in [0.25, 0.3) is 0 Å². The van der Waals surface area contributed by atoms with Gasteiger partial charge in [-0.25, -0.2) is 9.78 Å². The summed E-state index contributed by atoms with van der Waals surface area (Å²) in [6, 6.07) is 3.10. The first-order valence-corrected chi connectivity index (χ1v) is 5.78. The molecule has 18 heavy (non-hydrogen) atoms. The van der Waals surface area contributed by atoms with E-state index in [9.17, 15) is 9.90 Å². The number of aromatic carboxylic acids is 1. The lowest BCUT2D eigenvalue weighted by Gasteiger charge is -2.26. The van der Waals surface area contributed by atoms with E-state index < -0.39 is 11.6 Å². The molecule has 1 fully saturated rings. The SMILES string of the molecule is CC1OCCC1(O)CNc1ccnc(C(=O)O)c1. The van der Waals surface area contributed by atoms with Gasteiger partial charge in [0.1, 0.15) is 11.3 Å². The van der Waals surface area contributed by atoms with Crippen molar-refractivity contribution in [2.24, 2.45) is 0 Å². The van der Waals surface area contributed by atoms with Crippen LogP contribution in [0.3, 0.4) is 0 Å². The minimum absolute atomic E-state index is 0.0253. The molecule has 3 N–H and O–H groups in total. The maximum Gasteiger partial charge on any atom is 0.354 e. The Hall–Kier alpha value is -1.66. The molecule has 0 spiro atoms. The van der Waals surface area contributed by atoms with Gasteiger partial charge in [-0.15, -0.1) is 0 Å². The van der Waals surface area contributed by atoms with Crippen molar-refractivity contribution in [2.45, 2.75) is 25.0 Å². The van der Waals surface area contributed by atoms with Crippen LogP contribution in [0.5, 0.6) is 0 Å². The van der Waals surface area contributed by atoms with Crippen molar-refractivity contribution in [1.82, 2.24) is 4.98 Å². The van der Waals surface area contributed by atoms with Crippen LogP contribution in [0.15, 0.2) is 18.3 Å². The second-order valence-electron chi connectivity index (χ2n) is 4.46. The van der Waals surface area contributed by atoms with Gasteiger partial charge in [-0.05, 0) is 19.1 Å². The number of nitrogens with zero attached hydrogens (tertiary/aromatic N) is 1. The quantitative estimate of drug-likeness (QED) is 0.731. The van der Waals surface area contributed by atoms with E-state index in [-0.39, 0.29) is 11.8 Å². The highest BCUT2D eigenvalue weighted by Crippen LogP contribution is 2.26. The molecule has 1 aliphatic rings. The highest BCUT2D eigenvalue weighted by molar-refractivity contribution is 5.86. The van der Waals surface area contributed by atoms with Gasteiger partial charge in [0.25, 0.3) is 0 Å². The third-order valence-corrected chi connectivity index (χ3v) is 3.24. The Kier molecular flexibility index (Phi) is 3.49. The van der Waals surface area contributed by atoms with E-state index >= 15 is 0 Å². The number of hydrogen-bond donors (Lipinski definition) is 3. The molecule has 98 valence electrons. The Morgan fingerprint density at radius 1 is 1.72 bits per heavy atom. The summed E-state index contributed by atoms with van der Waals surface area (Å²) in [5, 5.41) is 22.1. The van der Waals surface area contributed by atoms with Crippen molar-refractivity contribution in [2.75, 3.05) is 18.5 Å². The molecule has 0 aliphatic carbocycles. The number of carboxylic acid groups (broad SMARTS) is 1. The van der Waals surface area contributed by atoms with Gasteiger partial charge in [0.15, 0.2) is 0 Å². The molecule has 6 heteroatoms. The van der Waals surface area contributed by atoms with Crippen LogP contribution in [-0.2, 0) is 4.74 Å². The van der Waals surface area contributed by atoms with E-state index in [1.165, 1.54) is 12.3 Å². The second-order valence-corrected chi connectivity index (χ2v) is 4.46. The molecular formula is C12H16N2O4. The Bertz CT molecular complexity index is 451. The number of carboxylic acids is 1. The van der Waals surface area contributed by atoms with E-state index in [0.717, 1.165) is 0 Å². The van der Waals surface area contributed by atoms with Gasteiger partial charge < -0.3 is 20.3 Å². The van der Waals surface area contributed by atoms with Crippen LogP contribution in [0.4, 0.5) is 5.69 Å². The lowest BCUT2D eigenvalue weighted by molar-refractivity contribution is -0.0175.